The second-order valence-corrected chi connectivity index (χ2v) is 4.59. The van der Waals surface area contributed by atoms with E-state index >= 15 is 0 Å². The van der Waals surface area contributed by atoms with E-state index in [0.29, 0.717) is 0 Å². The first-order chi connectivity index (χ1) is 10.8. The van der Waals surface area contributed by atoms with Crippen LogP contribution in [0.1, 0.15) is 21.5 Å². The zero-order chi connectivity index (χ0) is 17.0. The largest absolute Gasteiger partial charge is 0.416 e. The zero-order valence-corrected chi connectivity index (χ0v) is 11.6. The molecule has 0 radical (unpaired) electrons. The molecule has 0 bridgehead atoms. The average Bonchev–Trinajstić information content (AvgIpc) is 2.52. The molecule has 2 aromatic carbocycles. The van der Waals surface area contributed by atoms with E-state index < -0.39 is 22.4 Å². The van der Waals surface area contributed by atoms with Crippen LogP contribution in [0.3, 0.4) is 0 Å². The minimum Gasteiger partial charge on any atom is -0.289 e. The lowest BCUT2D eigenvalue weighted by Crippen LogP contribution is -2.05. The van der Waals surface area contributed by atoms with Gasteiger partial charge in [0.15, 0.2) is 5.78 Å². The van der Waals surface area contributed by atoms with E-state index in [1.807, 2.05) is 0 Å². The molecule has 2 aromatic rings. The van der Waals surface area contributed by atoms with Gasteiger partial charge < -0.3 is 0 Å². The van der Waals surface area contributed by atoms with Gasteiger partial charge in [-0.2, -0.15) is 13.2 Å². The first-order valence-corrected chi connectivity index (χ1v) is 6.42. The maximum Gasteiger partial charge on any atom is 0.416 e. The number of carbonyl (C=O) groups is 1. The van der Waals surface area contributed by atoms with E-state index in [1.165, 1.54) is 24.3 Å². The van der Waals surface area contributed by atoms with Crippen LogP contribution in [0.4, 0.5) is 18.9 Å². The van der Waals surface area contributed by atoms with Gasteiger partial charge in [-0.15, -0.1) is 0 Å². The Morgan fingerprint density at radius 1 is 1.04 bits per heavy atom. The average molecular weight is 321 g/mol. The number of nitro groups is 1. The lowest BCUT2D eigenvalue weighted by atomic mass is 10.1. The third kappa shape index (κ3) is 4.03. The summed E-state index contributed by atoms with van der Waals surface area (Å²) in [5.41, 5.74) is -0.716. The highest BCUT2D eigenvalue weighted by atomic mass is 19.4. The standard InChI is InChI=1S/C16H10F3NO3/c17-16(18,19)13-8-5-12(6-9-13)15(21)10-7-11-3-1-2-4-14(11)20(22)23/h1-10H/b10-7+. The predicted octanol–water partition coefficient (Wildman–Crippen LogP) is 4.51. The van der Waals surface area contributed by atoms with Crippen molar-refractivity contribution < 1.29 is 22.9 Å². The van der Waals surface area contributed by atoms with Crippen molar-refractivity contribution in [1.82, 2.24) is 0 Å². The third-order valence-corrected chi connectivity index (χ3v) is 3.04. The van der Waals surface area contributed by atoms with Gasteiger partial charge in [-0.3, -0.25) is 14.9 Å². The van der Waals surface area contributed by atoms with E-state index in [4.69, 9.17) is 0 Å². The van der Waals surface area contributed by atoms with Gasteiger partial charge >= 0.3 is 6.18 Å². The molecule has 0 atom stereocenters. The molecule has 118 valence electrons. The summed E-state index contributed by atoms with van der Waals surface area (Å²) in [6.45, 7) is 0. The number of nitro benzene ring substituents is 1. The second kappa shape index (κ2) is 6.43. The van der Waals surface area contributed by atoms with Crippen LogP contribution < -0.4 is 0 Å². The molecule has 0 heterocycles. The molecule has 0 aliphatic heterocycles. The Morgan fingerprint density at radius 3 is 2.22 bits per heavy atom. The SMILES string of the molecule is O=C(/C=C/c1ccccc1[N+](=O)[O-])c1ccc(C(F)(F)F)cc1. The molecule has 0 aliphatic rings. The number of halogens is 3. The van der Waals surface area contributed by atoms with Crippen LogP contribution in [0.15, 0.2) is 54.6 Å². The Labute approximate surface area is 129 Å². The van der Waals surface area contributed by atoms with Gasteiger partial charge in [-0.1, -0.05) is 24.3 Å². The van der Waals surface area contributed by atoms with Gasteiger partial charge in [0.05, 0.1) is 16.1 Å². The molecule has 0 unspecified atom stereocenters. The smallest absolute Gasteiger partial charge is 0.289 e. The summed E-state index contributed by atoms with van der Waals surface area (Å²) < 4.78 is 37.3. The third-order valence-electron chi connectivity index (χ3n) is 3.04. The molecular weight excluding hydrogens is 311 g/mol. The van der Waals surface area contributed by atoms with Crippen LogP contribution in [0.25, 0.3) is 6.08 Å². The van der Waals surface area contributed by atoms with Gasteiger partial charge in [0.2, 0.25) is 0 Å². The Bertz CT molecular complexity index is 765. The highest BCUT2D eigenvalue weighted by molar-refractivity contribution is 6.07. The van der Waals surface area contributed by atoms with E-state index in [9.17, 15) is 28.1 Å². The van der Waals surface area contributed by atoms with E-state index in [1.54, 1.807) is 6.07 Å². The number of alkyl halides is 3. The predicted molar refractivity (Wildman–Crippen MR) is 77.9 cm³/mol. The fourth-order valence-electron chi connectivity index (χ4n) is 1.88. The summed E-state index contributed by atoms with van der Waals surface area (Å²) in [4.78, 5) is 22.2. The van der Waals surface area contributed by atoms with Crippen molar-refractivity contribution in [2.45, 2.75) is 6.18 Å². The van der Waals surface area contributed by atoms with Crippen molar-refractivity contribution in [3.8, 4) is 0 Å². The summed E-state index contributed by atoms with van der Waals surface area (Å²) in [6.07, 6.45) is -2.12. The Hall–Kier alpha value is -2.96. The molecule has 4 nitrogen and oxygen atoms in total. The Kier molecular flexibility index (Phi) is 4.59. The summed E-state index contributed by atoms with van der Waals surface area (Å²) in [6, 6.07) is 9.58. The summed E-state index contributed by atoms with van der Waals surface area (Å²) >= 11 is 0. The van der Waals surface area contributed by atoms with Crippen LogP contribution in [0.5, 0.6) is 0 Å². The van der Waals surface area contributed by atoms with Crippen molar-refractivity contribution in [3.63, 3.8) is 0 Å². The number of rotatable bonds is 4. The molecule has 0 N–H and O–H groups in total. The first-order valence-electron chi connectivity index (χ1n) is 6.42. The lowest BCUT2D eigenvalue weighted by molar-refractivity contribution is -0.385. The van der Waals surface area contributed by atoms with Gasteiger partial charge in [0.25, 0.3) is 5.69 Å². The maximum absolute atomic E-state index is 12.4. The number of para-hydroxylation sites is 1. The number of hydrogen-bond acceptors (Lipinski definition) is 3. The first kappa shape index (κ1) is 16.4. The van der Waals surface area contributed by atoms with Crippen LogP contribution >= 0.6 is 0 Å². The van der Waals surface area contributed by atoms with Crippen molar-refractivity contribution in [2.75, 3.05) is 0 Å². The number of nitrogens with zero attached hydrogens (tertiary/aromatic N) is 1. The molecule has 0 amide bonds. The molecular formula is C16H10F3NO3. The molecule has 0 saturated heterocycles. The van der Waals surface area contributed by atoms with E-state index in [0.717, 1.165) is 30.3 Å². The van der Waals surface area contributed by atoms with Crippen LogP contribution in [0, 0.1) is 10.1 Å². The number of carbonyl (C=O) groups excluding carboxylic acids is 1. The molecule has 23 heavy (non-hydrogen) atoms. The van der Waals surface area contributed by atoms with Gasteiger partial charge in [-0.05, 0) is 30.4 Å². The topological polar surface area (TPSA) is 60.2 Å². The minimum atomic E-state index is -4.47. The highest BCUT2D eigenvalue weighted by Crippen LogP contribution is 2.29. The summed E-state index contributed by atoms with van der Waals surface area (Å²) in [7, 11) is 0. The molecule has 0 aromatic heterocycles. The molecule has 2 rings (SSSR count). The molecule has 0 spiro atoms. The van der Waals surface area contributed by atoms with Crippen LogP contribution in [-0.2, 0) is 6.18 Å². The van der Waals surface area contributed by atoms with Gasteiger partial charge in [-0.25, -0.2) is 0 Å². The number of allylic oxidation sites excluding steroid dienone is 1. The number of ketones is 1. The van der Waals surface area contributed by atoms with Crippen LogP contribution in [-0.4, -0.2) is 10.7 Å². The quantitative estimate of drug-likeness (QED) is 0.360. The maximum atomic E-state index is 12.4. The van der Waals surface area contributed by atoms with E-state index in [2.05, 4.69) is 0 Å². The number of hydrogen-bond donors (Lipinski definition) is 0. The van der Waals surface area contributed by atoms with Gasteiger partial charge in [0, 0.05) is 11.6 Å². The molecule has 0 aliphatic carbocycles. The molecule has 7 heteroatoms. The van der Waals surface area contributed by atoms with Crippen molar-refractivity contribution in [3.05, 3.63) is 81.4 Å². The summed E-state index contributed by atoms with van der Waals surface area (Å²) in [5, 5.41) is 10.8. The summed E-state index contributed by atoms with van der Waals surface area (Å²) in [5.74, 6) is -0.545. The molecule has 0 saturated carbocycles. The van der Waals surface area contributed by atoms with Crippen molar-refractivity contribution >= 4 is 17.5 Å². The van der Waals surface area contributed by atoms with Crippen LogP contribution in [0.2, 0.25) is 0 Å². The van der Waals surface area contributed by atoms with Crippen molar-refractivity contribution in [2.24, 2.45) is 0 Å². The fraction of sp³-hybridized carbons (Fsp3) is 0.0625. The highest BCUT2D eigenvalue weighted by Gasteiger charge is 2.30. The van der Waals surface area contributed by atoms with E-state index in [-0.39, 0.29) is 16.8 Å². The van der Waals surface area contributed by atoms with Gasteiger partial charge in [0.1, 0.15) is 0 Å². The second-order valence-electron chi connectivity index (χ2n) is 4.59. The number of benzene rings is 2. The monoisotopic (exact) mass is 321 g/mol. The minimum absolute atomic E-state index is 0.0628. The van der Waals surface area contributed by atoms with Crippen molar-refractivity contribution in [1.29, 1.82) is 0 Å². The Morgan fingerprint density at radius 2 is 1.65 bits per heavy atom. The normalized spacial score (nSPS) is 11.6. The Balaban J connectivity index is 2.21. The zero-order valence-electron chi connectivity index (χ0n) is 11.6. The molecule has 0 fully saturated rings. The lowest BCUT2D eigenvalue weighted by Gasteiger charge is -2.06. The fourth-order valence-corrected chi connectivity index (χ4v) is 1.88.